The lowest BCUT2D eigenvalue weighted by Gasteiger charge is -2.40. The van der Waals surface area contributed by atoms with Gasteiger partial charge in [-0.25, -0.2) is 0 Å². The number of nitrogens with two attached hydrogens (primary N) is 1. The maximum atomic E-state index is 13.4. The Morgan fingerprint density at radius 3 is 2.51 bits per heavy atom. The number of ether oxygens (including phenoxy) is 1. The Bertz CT molecular complexity index is 1290. The number of phenols is 3. The molecule has 1 aliphatic heterocycles. The van der Waals surface area contributed by atoms with Gasteiger partial charge < -0.3 is 30.9 Å². The minimum atomic E-state index is -1.85. The normalized spacial score (nSPS) is 27.7. The quantitative estimate of drug-likeness (QED) is 0.337. The summed E-state index contributed by atoms with van der Waals surface area (Å²) in [6.45, 7) is 1.67. The lowest BCUT2D eigenvalue weighted by molar-refractivity contribution is -0.136. The van der Waals surface area contributed by atoms with Gasteiger partial charge in [0.15, 0.2) is 11.6 Å². The van der Waals surface area contributed by atoms with Crippen LogP contribution in [0.4, 0.5) is 0 Å². The molecule has 6 N–H and O–H groups in total. The number of aliphatic hydroxyl groups is 1. The van der Waals surface area contributed by atoms with E-state index in [1.807, 2.05) is 0 Å². The molecular formula is C25H25NO8S. The highest BCUT2D eigenvalue weighted by molar-refractivity contribution is 8.00. The molecule has 1 fully saturated rings. The third kappa shape index (κ3) is 3.63. The van der Waals surface area contributed by atoms with Crippen molar-refractivity contribution in [1.29, 1.82) is 0 Å². The minimum absolute atomic E-state index is 0.0348. The summed E-state index contributed by atoms with van der Waals surface area (Å²) in [5.74, 6) is -3.55. The molecule has 3 aliphatic rings. The zero-order valence-electron chi connectivity index (χ0n) is 18.9. The Labute approximate surface area is 204 Å². The van der Waals surface area contributed by atoms with E-state index in [1.165, 1.54) is 36.9 Å². The molecule has 1 saturated heterocycles. The molecule has 184 valence electrons. The molecule has 9 nitrogen and oxygen atoms in total. The van der Waals surface area contributed by atoms with Gasteiger partial charge in [0.2, 0.25) is 5.78 Å². The van der Waals surface area contributed by atoms with Crippen LogP contribution in [0.25, 0.3) is 0 Å². The molecule has 2 aromatic carbocycles. The van der Waals surface area contributed by atoms with Gasteiger partial charge in [0.1, 0.15) is 28.3 Å². The highest BCUT2D eigenvalue weighted by Gasteiger charge is 2.48. The number of hydrogen-bond donors (Lipinski definition) is 5. The first-order valence-corrected chi connectivity index (χ1v) is 12.3. The lowest BCUT2D eigenvalue weighted by Crippen LogP contribution is -2.44. The van der Waals surface area contributed by atoms with Gasteiger partial charge in [-0.2, -0.15) is 0 Å². The van der Waals surface area contributed by atoms with E-state index >= 15 is 0 Å². The van der Waals surface area contributed by atoms with E-state index in [1.54, 1.807) is 0 Å². The SMILES string of the molecule is CC(=O)[C@]1(O)Cc2c(O)c3c(c(O)c2[C@@H](S[C@H]2C[C@H](N)CCO2)C1)C(=O)c1c(O)cccc1C3=O. The summed E-state index contributed by atoms with van der Waals surface area (Å²) in [6.07, 6.45) is 0.770. The summed E-state index contributed by atoms with van der Waals surface area (Å²) in [5, 5.41) is 43.3. The van der Waals surface area contributed by atoms with Gasteiger partial charge >= 0.3 is 0 Å². The van der Waals surface area contributed by atoms with Crippen LogP contribution in [0.2, 0.25) is 0 Å². The van der Waals surface area contributed by atoms with E-state index in [9.17, 15) is 34.8 Å². The number of benzene rings is 2. The number of hydrogen-bond acceptors (Lipinski definition) is 10. The minimum Gasteiger partial charge on any atom is -0.507 e. The van der Waals surface area contributed by atoms with Gasteiger partial charge in [-0.1, -0.05) is 12.1 Å². The van der Waals surface area contributed by atoms with Crippen LogP contribution in [0, 0.1) is 0 Å². The average Bonchev–Trinajstić information content (AvgIpc) is 2.79. The molecule has 2 aliphatic carbocycles. The predicted molar refractivity (Wildman–Crippen MR) is 126 cm³/mol. The van der Waals surface area contributed by atoms with Crippen LogP contribution < -0.4 is 5.73 Å². The Kier molecular flexibility index (Phi) is 5.67. The van der Waals surface area contributed by atoms with Crippen molar-refractivity contribution < 1.29 is 39.5 Å². The topological polar surface area (TPSA) is 167 Å². The number of thioether (sulfide) groups is 1. The first-order chi connectivity index (χ1) is 16.5. The average molecular weight is 500 g/mol. The first-order valence-electron chi connectivity index (χ1n) is 11.3. The summed E-state index contributed by atoms with van der Waals surface area (Å²) in [4.78, 5) is 39.1. The fourth-order valence-electron chi connectivity index (χ4n) is 5.21. The van der Waals surface area contributed by atoms with Gasteiger partial charge in [0, 0.05) is 41.0 Å². The van der Waals surface area contributed by atoms with Crippen LogP contribution in [0.1, 0.15) is 74.4 Å². The van der Waals surface area contributed by atoms with Gasteiger partial charge in [-0.3, -0.25) is 14.4 Å². The van der Waals surface area contributed by atoms with Crippen LogP contribution in [-0.4, -0.2) is 61.5 Å². The van der Waals surface area contributed by atoms with Crippen molar-refractivity contribution >= 4 is 29.1 Å². The van der Waals surface area contributed by atoms with Crippen molar-refractivity contribution in [2.24, 2.45) is 5.73 Å². The number of fused-ring (bicyclic) bond motifs is 3. The van der Waals surface area contributed by atoms with E-state index in [4.69, 9.17) is 10.5 Å². The van der Waals surface area contributed by atoms with Crippen molar-refractivity contribution in [3.63, 3.8) is 0 Å². The van der Waals surface area contributed by atoms with Crippen LogP contribution in [0.5, 0.6) is 17.2 Å². The molecule has 2 aromatic rings. The van der Waals surface area contributed by atoms with Crippen molar-refractivity contribution in [2.45, 2.75) is 54.9 Å². The number of carbonyl (C=O) groups is 3. The van der Waals surface area contributed by atoms with Crippen LogP contribution in [0.15, 0.2) is 18.2 Å². The maximum absolute atomic E-state index is 13.4. The number of phenolic OH excluding ortho intramolecular Hbond substituents is 3. The zero-order valence-corrected chi connectivity index (χ0v) is 19.7. The number of ketones is 3. The number of aromatic hydroxyl groups is 3. The summed E-state index contributed by atoms with van der Waals surface area (Å²) in [6, 6.07) is 3.91. The van der Waals surface area contributed by atoms with Gasteiger partial charge in [0.05, 0.1) is 16.7 Å². The molecule has 0 spiro atoms. The third-order valence-corrected chi connectivity index (χ3v) is 8.49. The van der Waals surface area contributed by atoms with E-state index in [2.05, 4.69) is 0 Å². The standard InChI is InChI=1S/C25H25NO8S/c1-10(27)25(33)8-13-18(15(9-25)35-16-7-11(26)5-6-34-16)24(32)20-19(22(13)30)21(29)12-3-2-4-14(28)17(12)23(20)31/h2-4,11,15-16,28,30,32-33H,5-9,26H2,1H3/t11-,15+,16+,25+/m1/s1. The largest absolute Gasteiger partial charge is 0.507 e. The van der Waals surface area contributed by atoms with Crippen molar-refractivity contribution in [1.82, 2.24) is 0 Å². The lowest BCUT2D eigenvalue weighted by atomic mass is 9.73. The fourth-order valence-corrected chi connectivity index (χ4v) is 6.87. The second-order valence-corrected chi connectivity index (χ2v) is 10.7. The molecule has 1 heterocycles. The second-order valence-electron chi connectivity index (χ2n) is 9.38. The number of Topliss-reactive ketones (excluding diaryl/α,β-unsaturated/α-hetero) is 1. The van der Waals surface area contributed by atoms with Gasteiger partial charge in [-0.05, 0) is 32.3 Å². The highest BCUT2D eigenvalue weighted by atomic mass is 32.2. The molecule has 0 bridgehead atoms. The van der Waals surface area contributed by atoms with E-state index in [0.717, 1.165) is 0 Å². The molecule has 5 rings (SSSR count). The molecule has 0 aromatic heterocycles. The maximum Gasteiger partial charge on any atom is 0.202 e. The summed E-state index contributed by atoms with van der Waals surface area (Å²) < 4.78 is 5.80. The summed E-state index contributed by atoms with van der Waals surface area (Å²) in [7, 11) is 0. The molecule has 10 heteroatoms. The Hall–Kier alpha value is -2.92. The first kappa shape index (κ1) is 23.8. The Balaban J connectivity index is 1.71. The van der Waals surface area contributed by atoms with Gasteiger partial charge in [0.25, 0.3) is 0 Å². The molecule has 35 heavy (non-hydrogen) atoms. The Morgan fingerprint density at radius 2 is 1.83 bits per heavy atom. The summed E-state index contributed by atoms with van der Waals surface area (Å²) >= 11 is 1.24. The van der Waals surface area contributed by atoms with Crippen molar-refractivity contribution in [3.05, 3.63) is 51.6 Å². The number of rotatable bonds is 3. The molecule has 0 amide bonds. The van der Waals surface area contributed by atoms with Gasteiger partial charge in [-0.15, -0.1) is 11.8 Å². The van der Waals surface area contributed by atoms with Crippen molar-refractivity contribution in [2.75, 3.05) is 6.61 Å². The second kappa shape index (κ2) is 8.34. The molecule has 0 saturated carbocycles. The smallest absolute Gasteiger partial charge is 0.202 e. The monoisotopic (exact) mass is 499 g/mol. The summed E-state index contributed by atoms with van der Waals surface area (Å²) in [5.41, 5.74) is 2.86. The molecule has 4 atom stereocenters. The Morgan fingerprint density at radius 1 is 1.11 bits per heavy atom. The molecule has 0 unspecified atom stereocenters. The fraction of sp³-hybridized carbons (Fsp3) is 0.400. The molecule has 0 radical (unpaired) electrons. The van der Waals surface area contributed by atoms with E-state index in [0.29, 0.717) is 19.4 Å². The zero-order chi connectivity index (χ0) is 25.2. The highest BCUT2D eigenvalue weighted by Crippen LogP contribution is 2.55. The van der Waals surface area contributed by atoms with Crippen LogP contribution in [0.3, 0.4) is 0 Å². The van der Waals surface area contributed by atoms with Crippen LogP contribution in [-0.2, 0) is 16.0 Å². The predicted octanol–water partition coefficient (Wildman–Crippen LogP) is 2.08. The van der Waals surface area contributed by atoms with E-state index < -0.39 is 62.0 Å². The van der Waals surface area contributed by atoms with E-state index in [-0.39, 0.29) is 41.1 Å². The van der Waals surface area contributed by atoms with Crippen LogP contribution >= 0.6 is 11.8 Å². The molecular weight excluding hydrogens is 474 g/mol. The number of carbonyl (C=O) groups excluding carboxylic acids is 3. The third-order valence-electron chi connectivity index (χ3n) is 7.13. The van der Waals surface area contributed by atoms with Crippen molar-refractivity contribution in [3.8, 4) is 17.2 Å².